The molecule has 2 aromatic carbocycles. The number of likely N-dealkylation sites (N-methyl/N-ethyl adjacent to an activating group) is 1. The van der Waals surface area contributed by atoms with Crippen LogP contribution in [0.3, 0.4) is 0 Å². The minimum absolute atomic E-state index is 0.0862. The zero-order valence-corrected chi connectivity index (χ0v) is 16.6. The summed E-state index contributed by atoms with van der Waals surface area (Å²) in [4.78, 5) is 27.3. The van der Waals surface area contributed by atoms with Crippen LogP contribution in [-0.2, 0) is 9.59 Å². The van der Waals surface area contributed by atoms with E-state index in [4.69, 9.17) is 4.74 Å². The van der Waals surface area contributed by atoms with Crippen LogP contribution < -0.4 is 15.0 Å². The van der Waals surface area contributed by atoms with Crippen LogP contribution in [0.25, 0.3) is 0 Å². The smallest absolute Gasteiger partial charge is 0.252 e. The zero-order valence-electron chi connectivity index (χ0n) is 16.6. The van der Waals surface area contributed by atoms with Gasteiger partial charge in [-0.3, -0.25) is 9.59 Å². The third-order valence-corrected chi connectivity index (χ3v) is 4.51. The van der Waals surface area contributed by atoms with E-state index >= 15 is 0 Å². The molecule has 156 valence electrons. The Labute approximate surface area is 173 Å². The monoisotopic (exact) mass is 413 g/mol. The van der Waals surface area contributed by atoms with Crippen molar-refractivity contribution in [3.05, 3.63) is 72.5 Å². The van der Waals surface area contributed by atoms with Gasteiger partial charge >= 0.3 is 0 Å². The van der Waals surface area contributed by atoms with Gasteiger partial charge < -0.3 is 19.9 Å². The van der Waals surface area contributed by atoms with E-state index < -0.39 is 17.5 Å². The van der Waals surface area contributed by atoms with Gasteiger partial charge in [0.1, 0.15) is 5.82 Å². The first-order valence-electron chi connectivity index (χ1n) is 9.25. The average Bonchev–Trinajstić information content (AvgIpc) is 2.72. The van der Waals surface area contributed by atoms with Gasteiger partial charge in [-0.2, -0.15) is 0 Å². The fourth-order valence-corrected chi connectivity index (χ4v) is 2.99. The number of carbonyl (C=O) groups excluding carboxylic acids is 2. The van der Waals surface area contributed by atoms with Crippen molar-refractivity contribution in [3.63, 3.8) is 0 Å². The normalized spacial score (nSPS) is 13.7. The van der Waals surface area contributed by atoms with Crippen molar-refractivity contribution >= 4 is 23.2 Å². The summed E-state index contributed by atoms with van der Waals surface area (Å²) in [6.45, 7) is 5.52. The molecule has 0 atom stereocenters. The Hall–Kier alpha value is -3.68. The van der Waals surface area contributed by atoms with E-state index in [-0.39, 0.29) is 24.1 Å². The molecule has 30 heavy (non-hydrogen) atoms. The van der Waals surface area contributed by atoms with Gasteiger partial charge in [-0.05, 0) is 42.8 Å². The molecule has 8 heteroatoms. The molecular weight excluding hydrogens is 392 g/mol. The Balaban J connectivity index is 2.05. The third kappa shape index (κ3) is 4.48. The highest BCUT2D eigenvalue weighted by Crippen LogP contribution is 2.37. The maximum Gasteiger partial charge on any atom is 0.252 e. The molecule has 2 aromatic rings. The predicted molar refractivity (Wildman–Crippen MR) is 110 cm³/mol. The topological polar surface area (TPSA) is 61.9 Å². The summed E-state index contributed by atoms with van der Waals surface area (Å²) in [7, 11) is 1.67. The highest BCUT2D eigenvalue weighted by atomic mass is 19.1. The van der Waals surface area contributed by atoms with Crippen LogP contribution in [0.4, 0.5) is 20.2 Å². The molecule has 0 fully saturated rings. The molecule has 6 nitrogen and oxygen atoms in total. The molecule has 1 aliphatic heterocycles. The summed E-state index contributed by atoms with van der Waals surface area (Å²) in [6.07, 6.45) is 3.36. The first kappa shape index (κ1) is 21.0. The summed E-state index contributed by atoms with van der Waals surface area (Å²) in [5, 5.41) is 2.66. The van der Waals surface area contributed by atoms with Crippen LogP contribution in [0.2, 0.25) is 0 Å². The van der Waals surface area contributed by atoms with E-state index in [2.05, 4.69) is 11.9 Å². The van der Waals surface area contributed by atoms with Crippen LogP contribution in [0.5, 0.6) is 11.5 Å². The molecule has 0 aromatic heterocycles. The van der Waals surface area contributed by atoms with Gasteiger partial charge in [-0.15, -0.1) is 0 Å². The largest absolute Gasteiger partial charge is 0.452 e. The molecule has 1 aliphatic rings. The quantitative estimate of drug-likeness (QED) is 0.713. The van der Waals surface area contributed by atoms with Crippen molar-refractivity contribution in [1.82, 2.24) is 4.90 Å². The zero-order chi connectivity index (χ0) is 21.8. The van der Waals surface area contributed by atoms with Crippen LogP contribution in [-0.4, -0.2) is 30.4 Å². The van der Waals surface area contributed by atoms with Gasteiger partial charge in [0.15, 0.2) is 17.3 Å². The van der Waals surface area contributed by atoms with Crippen LogP contribution in [0.1, 0.15) is 13.3 Å². The lowest BCUT2D eigenvalue weighted by Crippen LogP contribution is -2.42. The number of hydrogen-bond donors (Lipinski definition) is 1. The van der Waals surface area contributed by atoms with Crippen molar-refractivity contribution in [1.29, 1.82) is 0 Å². The van der Waals surface area contributed by atoms with Gasteiger partial charge in [0, 0.05) is 30.6 Å². The van der Waals surface area contributed by atoms with Crippen molar-refractivity contribution in [2.75, 3.05) is 23.9 Å². The lowest BCUT2D eigenvalue weighted by molar-refractivity contribution is -0.126. The highest BCUT2D eigenvalue weighted by Gasteiger charge is 2.25. The number of nitrogens with zero attached hydrogens (tertiary/aromatic N) is 2. The van der Waals surface area contributed by atoms with Gasteiger partial charge in [-0.1, -0.05) is 13.5 Å². The first-order chi connectivity index (χ1) is 14.3. The Morgan fingerprint density at radius 1 is 1.23 bits per heavy atom. The Kier molecular flexibility index (Phi) is 6.15. The summed E-state index contributed by atoms with van der Waals surface area (Å²) in [5.74, 6) is -1.92. The summed E-state index contributed by atoms with van der Waals surface area (Å²) in [5.41, 5.74) is 1.54. The SMILES string of the molecule is C=CC(=O)Nc1ccc(Oc2ccc(F)cc2F)c(N2C=C(CC)C(=O)N(C)C2)c1. The van der Waals surface area contributed by atoms with Crippen molar-refractivity contribution in [2.45, 2.75) is 13.3 Å². The maximum absolute atomic E-state index is 14.1. The van der Waals surface area contributed by atoms with Gasteiger partial charge in [-0.25, -0.2) is 8.78 Å². The van der Waals surface area contributed by atoms with Gasteiger partial charge in [0.2, 0.25) is 5.91 Å². The fourth-order valence-electron chi connectivity index (χ4n) is 2.99. The van der Waals surface area contributed by atoms with Crippen molar-refractivity contribution in [2.24, 2.45) is 0 Å². The van der Waals surface area contributed by atoms with Gasteiger partial charge in [0.25, 0.3) is 5.91 Å². The van der Waals surface area contributed by atoms with Gasteiger partial charge in [0.05, 0.1) is 12.4 Å². The number of amides is 2. The summed E-state index contributed by atoms with van der Waals surface area (Å²) in [6, 6.07) is 7.82. The van der Waals surface area contributed by atoms with Crippen molar-refractivity contribution in [3.8, 4) is 11.5 Å². The molecule has 2 amide bonds. The van der Waals surface area contributed by atoms with E-state index in [1.54, 1.807) is 36.3 Å². The van der Waals surface area contributed by atoms with E-state index in [1.807, 2.05) is 6.92 Å². The standard InChI is InChI=1S/C22H21F2N3O3/c1-4-14-12-27(13-26(3)22(14)29)18-11-16(25-21(28)5-2)7-9-20(18)30-19-8-6-15(23)10-17(19)24/h5-12H,2,4,13H2,1,3H3,(H,25,28). The molecule has 0 radical (unpaired) electrons. The fraction of sp³-hybridized carbons (Fsp3) is 0.182. The number of benzene rings is 2. The molecule has 0 saturated heterocycles. The lowest BCUT2D eigenvalue weighted by atomic mass is 10.1. The first-order valence-corrected chi connectivity index (χ1v) is 9.25. The Morgan fingerprint density at radius 2 is 1.97 bits per heavy atom. The number of anilines is 2. The second-order valence-electron chi connectivity index (χ2n) is 6.67. The van der Waals surface area contributed by atoms with E-state index in [0.29, 0.717) is 23.4 Å². The molecule has 1 heterocycles. The minimum Gasteiger partial charge on any atom is -0.452 e. The summed E-state index contributed by atoms with van der Waals surface area (Å²) < 4.78 is 33.1. The molecular formula is C22H21F2N3O3. The maximum atomic E-state index is 14.1. The van der Waals surface area contributed by atoms with Crippen molar-refractivity contribution < 1.29 is 23.1 Å². The average molecular weight is 413 g/mol. The number of halogens is 2. The number of nitrogens with one attached hydrogen (secondary N) is 1. The number of hydrogen-bond acceptors (Lipinski definition) is 4. The molecule has 0 spiro atoms. The Morgan fingerprint density at radius 3 is 2.63 bits per heavy atom. The number of carbonyl (C=O) groups is 2. The molecule has 3 rings (SSSR count). The molecule has 0 unspecified atom stereocenters. The van der Waals surface area contributed by atoms with Crippen LogP contribution >= 0.6 is 0 Å². The summed E-state index contributed by atoms with van der Waals surface area (Å²) >= 11 is 0. The molecule has 0 aliphatic carbocycles. The number of ether oxygens (including phenoxy) is 1. The number of rotatable bonds is 6. The third-order valence-electron chi connectivity index (χ3n) is 4.51. The van der Waals surface area contributed by atoms with E-state index in [0.717, 1.165) is 18.2 Å². The molecule has 0 bridgehead atoms. The second kappa shape index (κ2) is 8.77. The van der Waals surface area contributed by atoms with Crippen LogP contribution in [0.15, 0.2) is 60.8 Å². The molecule has 0 saturated carbocycles. The predicted octanol–water partition coefficient (Wildman–Crippen LogP) is 4.41. The van der Waals surface area contributed by atoms with E-state index in [9.17, 15) is 18.4 Å². The lowest BCUT2D eigenvalue weighted by Gasteiger charge is -2.33. The molecule has 1 N–H and O–H groups in total. The highest BCUT2D eigenvalue weighted by molar-refractivity contribution is 5.99. The Bertz CT molecular complexity index is 1040. The van der Waals surface area contributed by atoms with Crippen LogP contribution in [0, 0.1) is 11.6 Å². The van der Waals surface area contributed by atoms with E-state index in [1.165, 1.54) is 11.0 Å². The minimum atomic E-state index is -0.847. The second-order valence-corrected chi connectivity index (χ2v) is 6.67.